The normalized spacial score (nSPS) is 18.6. The Hall–Kier alpha value is -1.16. The summed E-state index contributed by atoms with van der Waals surface area (Å²) >= 11 is 0. The van der Waals surface area contributed by atoms with E-state index in [2.05, 4.69) is 76.6 Å². The number of hydrogen-bond acceptors (Lipinski definition) is 2. The molecule has 0 aromatic rings. The van der Waals surface area contributed by atoms with Gasteiger partial charge in [-0.1, -0.05) is 140 Å². The Morgan fingerprint density at radius 1 is 0.422 bits per heavy atom. The average molecular weight is 629 g/mol. The van der Waals surface area contributed by atoms with Crippen molar-refractivity contribution in [2.24, 2.45) is 0 Å². The highest BCUT2D eigenvalue weighted by molar-refractivity contribution is 4.93. The van der Waals surface area contributed by atoms with Gasteiger partial charge in [-0.3, -0.25) is 0 Å². The Balaban J connectivity index is 1.96. The van der Waals surface area contributed by atoms with Crippen LogP contribution in [-0.4, -0.2) is 57.1 Å². The molecule has 1 aliphatic rings. The lowest BCUT2D eigenvalue weighted by Crippen LogP contribution is -2.38. The van der Waals surface area contributed by atoms with E-state index < -0.39 is 0 Å². The molecule has 262 valence electrons. The van der Waals surface area contributed by atoms with E-state index in [1.807, 2.05) is 0 Å². The predicted molar refractivity (Wildman–Crippen MR) is 200 cm³/mol. The summed E-state index contributed by atoms with van der Waals surface area (Å²) in [6.45, 7) is 8.48. The second-order valence-electron chi connectivity index (χ2n) is 14.3. The zero-order valence-electron chi connectivity index (χ0n) is 30.8. The van der Waals surface area contributed by atoms with Crippen LogP contribution in [0.1, 0.15) is 168 Å². The number of allylic oxidation sites excluding steroid dienone is 8. The SMILES string of the molecule is CCCCC/C=C\C/C=C\CCCCCCCCO[C@@H]1C[N+](C)(C)C[C@H]1OCCCCCCCC/C=C\C/C=C\CCCCC. The molecular weight excluding hydrogens is 550 g/mol. The summed E-state index contributed by atoms with van der Waals surface area (Å²) in [5, 5.41) is 0. The van der Waals surface area contributed by atoms with Gasteiger partial charge >= 0.3 is 0 Å². The highest BCUT2D eigenvalue weighted by atomic mass is 16.5. The summed E-state index contributed by atoms with van der Waals surface area (Å²) < 4.78 is 13.8. The molecule has 0 aromatic carbocycles. The van der Waals surface area contributed by atoms with Gasteiger partial charge in [0.15, 0.2) is 0 Å². The zero-order chi connectivity index (χ0) is 32.5. The second kappa shape index (κ2) is 31.4. The quantitative estimate of drug-likeness (QED) is 0.0419. The van der Waals surface area contributed by atoms with Gasteiger partial charge in [0, 0.05) is 13.2 Å². The minimum atomic E-state index is 0.266. The highest BCUT2D eigenvalue weighted by Gasteiger charge is 2.41. The third kappa shape index (κ3) is 27.6. The van der Waals surface area contributed by atoms with Crippen LogP contribution in [0.4, 0.5) is 0 Å². The van der Waals surface area contributed by atoms with Crippen LogP contribution in [-0.2, 0) is 9.47 Å². The fraction of sp³-hybridized carbons (Fsp3) is 0.810. The maximum absolute atomic E-state index is 6.39. The van der Waals surface area contributed by atoms with Crippen molar-refractivity contribution in [3.63, 3.8) is 0 Å². The number of hydrogen-bond donors (Lipinski definition) is 0. The molecule has 1 aliphatic heterocycles. The molecule has 3 heteroatoms. The van der Waals surface area contributed by atoms with Crippen LogP contribution >= 0.6 is 0 Å². The first-order chi connectivity index (χ1) is 22.1. The molecule has 0 N–H and O–H groups in total. The summed E-state index contributed by atoms with van der Waals surface area (Å²) in [5.41, 5.74) is 0. The smallest absolute Gasteiger partial charge is 0.138 e. The van der Waals surface area contributed by atoms with Crippen molar-refractivity contribution in [2.75, 3.05) is 40.4 Å². The van der Waals surface area contributed by atoms with Gasteiger partial charge in [0.1, 0.15) is 25.3 Å². The molecular formula is C42H78NO2+. The lowest BCUT2D eigenvalue weighted by atomic mass is 10.1. The number of likely N-dealkylation sites (tertiary alicyclic amines) is 1. The first-order valence-electron chi connectivity index (χ1n) is 19.7. The fourth-order valence-corrected chi connectivity index (χ4v) is 6.25. The van der Waals surface area contributed by atoms with Crippen LogP contribution in [0.3, 0.4) is 0 Å². The molecule has 0 aliphatic carbocycles. The van der Waals surface area contributed by atoms with Gasteiger partial charge in [-0.25, -0.2) is 0 Å². The van der Waals surface area contributed by atoms with E-state index in [1.165, 1.54) is 141 Å². The monoisotopic (exact) mass is 629 g/mol. The summed E-state index contributed by atoms with van der Waals surface area (Å²) in [6.07, 6.45) is 50.3. The van der Waals surface area contributed by atoms with Crippen LogP contribution < -0.4 is 0 Å². The molecule has 0 amide bonds. The van der Waals surface area contributed by atoms with E-state index in [1.54, 1.807) is 0 Å². The van der Waals surface area contributed by atoms with Gasteiger partial charge < -0.3 is 14.0 Å². The summed E-state index contributed by atoms with van der Waals surface area (Å²) in [7, 11) is 4.64. The standard InChI is InChI=1S/C42H78NO2/c1-5-7-9-11-13-15-17-19-21-23-25-27-29-31-33-35-37-44-41-39-43(3,4)40-42(41)45-38-36-34-32-30-28-26-24-22-20-18-16-14-12-10-8-6-2/h13-16,19-22,41-42H,5-12,17-18,23-40H2,1-4H3/q+1/b15-13-,16-14-,21-19-,22-20-/t41-,42-/m1/s1. The highest BCUT2D eigenvalue weighted by Crippen LogP contribution is 2.22. The Kier molecular flexibility index (Phi) is 29.2. The molecule has 0 saturated carbocycles. The molecule has 1 rings (SSSR count). The lowest BCUT2D eigenvalue weighted by molar-refractivity contribution is -0.880. The number of unbranched alkanes of at least 4 members (excludes halogenated alkanes) is 18. The van der Waals surface area contributed by atoms with Crippen molar-refractivity contribution < 1.29 is 14.0 Å². The van der Waals surface area contributed by atoms with Gasteiger partial charge in [-0.2, -0.15) is 0 Å². The third-order valence-corrected chi connectivity index (χ3v) is 9.12. The average Bonchev–Trinajstić information content (AvgIpc) is 3.32. The van der Waals surface area contributed by atoms with Crippen molar-refractivity contribution in [3.05, 3.63) is 48.6 Å². The number of nitrogens with zero attached hydrogens (tertiary/aromatic N) is 1. The van der Waals surface area contributed by atoms with E-state index in [4.69, 9.17) is 9.47 Å². The Bertz CT molecular complexity index is 677. The number of likely N-dealkylation sites (N-methyl/N-ethyl adjacent to an activating group) is 1. The van der Waals surface area contributed by atoms with Crippen LogP contribution in [0.25, 0.3) is 0 Å². The molecule has 1 heterocycles. The van der Waals surface area contributed by atoms with Crippen LogP contribution in [0, 0.1) is 0 Å². The van der Waals surface area contributed by atoms with Crippen LogP contribution in [0.15, 0.2) is 48.6 Å². The molecule has 0 bridgehead atoms. The minimum absolute atomic E-state index is 0.266. The van der Waals surface area contributed by atoms with Gasteiger partial charge in [0.05, 0.1) is 14.1 Å². The first kappa shape index (κ1) is 41.9. The fourth-order valence-electron chi connectivity index (χ4n) is 6.25. The third-order valence-electron chi connectivity index (χ3n) is 9.12. The Morgan fingerprint density at radius 3 is 1.09 bits per heavy atom. The minimum Gasteiger partial charge on any atom is -0.369 e. The Morgan fingerprint density at radius 2 is 0.733 bits per heavy atom. The summed E-state index contributed by atoms with van der Waals surface area (Å²) in [6, 6.07) is 0. The van der Waals surface area contributed by atoms with E-state index in [-0.39, 0.29) is 12.2 Å². The molecule has 1 saturated heterocycles. The molecule has 0 unspecified atom stereocenters. The Labute approximate surface area is 282 Å². The second-order valence-corrected chi connectivity index (χ2v) is 14.3. The van der Waals surface area contributed by atoms with Crippen LogP contribution in [0.2, 0.25) is 0 Å². The van der Waals surface area contributed by atoms with E-state index >= 15 is 0 Å². The summed E-state index contributed by atoms with van der Waals surface area (Å²) in [5.74, 6) is 0. The number of ether oxygens (including phenoxy) is 2. The van der Waals surface area contributed by atoms with Gasteiger partial charge in [0.2, 0.25) is 0 Å². The van der Waals surface area contributed by atoms with Gasteiger partial charge in [0.25, 0.3) is 0 Å². The van der Waals surface area contributed by atoms with Crippen LogP contribution in [0.5, 0.6) is 0 Å². The molecule has 3 nitrogen and oxygen atoms in total. The molecule has 0 radical (unpaired) electrons. The molecule has 1 fully saturated rings. The van der Waals surface area contributed by atoms with E-state index in [0.717, 1.165) is 43.6 Å². The van der Waals surface area contributed by atoms with Crippen molar-refractivity contribution in [1.82, 2.24) is 0 Å². The largest absolute Gasteiger partial charge is 0.369 e. The lowest BCUT2D eigenvalue weighted by Gasteiger charge is -2.22. The van der Waals surface area contributed by atoms with Gasteiger partial charge in [-0.15, -0.1) is 0 Å². The van der Waals surface area contributed by atoms with Crippen molar-refractivity contribution in [2.45, 2.75) is 180 Å². The van der Waals surface area contributed by atoms with E-state index in [9.17, 15) is 0 Å². The first-order valence-corrected chi connectivity index (χ1v) is 19.7. The number of rotatable bonds is 32. The maximum Gasteiger partial charge on any atom is 0.138 e. The molecule has 0 aromatic heterocycles. The van der Waals surface area contributed by atoms with Crippen molar-refractivity contribution in [1.29, 1.82) is 0 Å². The van der Waals surface area contributed by atoms with Crippen molar-refractivity contribution >= 4 is 0 Å². The summed E-state index contributed by atoms with van der Waals surface area (Å²) in [4.78, 5) is 0. The topological polar surface area (TPSA) is 18.5 Å². The zero-order valence-corrected chi connectivity index (χ0v) is 30.8. The van der Waals surface area contributed by atoms with Gasteiger partial charge in [-0.05, 0) is 77.0 Å². The van der Waals surface area contributed by atoms with Crippen molar-refractivity contribution in [3.8, 4) is 0 Å². The number of quaternary nitrogens is 1. The molecule has 2 atom stereocenters. The van der Waals surface area contributed by atoms with E-state index in [0.29, 0.717) is 0 Å². The molecule has 45 heavy (non-hydrogen) atoms. The predicted octanol–water partition coefficient (Wildman–Crippen LogP) is 12.5. The molecule has 0 spiro atoms. The maximum atomic E-state index is 6.39.